The molecule has 0 radical (unpaired) electrons. The van der Waals surface area contributed by atoms with E-state index >= 15 is 0 Å². The Morgan fingerprint density at radius 2 is 1.89 bits per heavy atom. The lowest BCUT2D eigenvalue weighted by atomic mass is 10.2. The van der Waals surface area contributed by atoms with Crippen molar-refractivity contribution in [1.82, 2.24) is 5.32 Å². The lowest BCUT2D eigenvalue weighted by Gasteiger charge is -2.10. The van der Waals surface area contributed by atoms with Gasteiger partial charge in [-0.15, -0.1) is 0 Å². The van der Waals surface area contributed by atoms with Crippen LogP contribution in [0.4, 0.5) is 5.69 Å². The highest BCUT2D eigenvalue weighted by molar-refractivity contribution is 5.96. The lowest BCUT2D eigenvalue weighted by Crippen LogP contribution is -2.27. The molecule has 1 aliphatic carbocycles. The van der Waals surface area contributed by atoms with Crippen molar-refractivity contribution in [2.75, 3.05) is 12.4 Å². The molecule has 0 aromatic heterocycles. The van der Waals surface area contributed by atoms with E-state index in [1.165, 1.54) is 7.11 Å². The van der Waals surface area contributed by atoms with Gasteiger partial charge in [0.05, 0.1) is 0 Å². The zero-order chi connectivity index (χ0) is 13.8. The third-order valence-electron chi connectivity index (χ3n) is 3.05. The first-order valence-electron chi connectivity index (χ1n) is 6.34. The molecule has 2 N–H and O–H groups in total. The highest BCUT2D eigenvalue weighted by Crippen LogP contribution is 2.19. The normalized spacial score (nSPS) is 15.7. The fraction of sp³-hybridized carbons (Fsp3) is 0.429. The average molecular weight is 262 g/mol. The summed E-state index contributed by atoms with van der Waals surface area (Å²) in [4.78, 5) is 23.4. The van der Waals surface area contributed by atoms with Gasteiger partial charge in [0.2, 0.25) is 0 Å². The maximum atomic E-state index is 11.8. The number of hydrogen-bond donors (Lipinski definition) is 2. The van der Waals surface area contributed by atoms with E-state index in [-0.39, 0.29) is 11.8 Å². The van der Waals surface area contributed by atoms with Crippen LogP contribution in [0.3, 0.4) is 0 Å². The van der Waals surface area contributed by atoms with Crippen molar-refractivity contribution >= 4 is 17.5 Å². The Kier molecular flexibility index (Phi) is 4.16. The number of carbonyl (C=O) groups is 2. The van der Waals surface area contributed by atoms with E-state index in [0.717, 1.165) is 12.8 Å². The van der Waals surface area contributed by atoms with Crippen LogP contribution in [-0.2, 0) is 9.53 Å². The summed E-state index contributed by atoms with van der Waals surface area (Å²) in [7, 11) is 1.48. The first-order valence-corrected chi connectivity index (χ1v) is 6.34. The fourth-order valence-corrected chi connectivity index (χ4v) is 1.55. The second-order valence-corrected chi connectivity index (χ2v) is 4.69. The highest BCUT2D eigenvalue weighted by atomic mass is 16.5. The quantitative estimate of drug-likeness (QED) is 0.846. The molecule has 1 aromatic rings. The second kappa shape index (κ2) is 5.84. The van der Waals surface area contributed by atoms with Crippen molar-refractivity contribution in [2.45, 2.75) is 31.9 Å². The van der Waals surface area contributed by atoms with Crippen LogP contribution in [0, 0.1) is 0 Å². The Hall–Kier alpha value is -1.88. The van der Waals surface area contributed by atoms with Gasteiger partial charge in [-0.2, -0.15) is 0 Å². The number of methoxy groups -OCH3 is 1. The van der Waals surface area contributed by atoms with Crippen molar-refractivity contribution in [1.29, 1.82) is 0 Å². The molecule has 2 rings (SSSR count). The summed E-state index contributed by atoms with van der Waals surface area (Å²) < 4.78 is 4.92. The molecule has 19 heavy (non-hydrogen) atoms. The molecule has 1 aromatic carbocycles. The first-order chi connectivity index (χ1) is 9.10. The van der Waals surface area contributed by atoms with Crippen molar-refractivity contribution in [3.8, 4) is 0 Å². The van der Waals surface area contributed by atoms with Gasteiger partial charge in [0.1, 0.15) is 6.10 Å². The van der Waals surface area contributed by atoms with Gasteiger partial charge in [0.25, 0.3) is 11.8 Å². The average Bonchev–Trinajstić information content (AvgIpc) is 3.22. The zero-order valence-electron chi connectivity index (χ0n) is 11.1. The number of rotatable bonds is 5. The Morgan fingerprint density at radius 3 is 2.42 bits per heavy atom. The molecule has 2 amide bonds. The van der Waals surface area contributed by atoms with Gasteiger partial charge in [-0.1, -0.05) is 0 Å². The summed E-state index contributed by atoms with van der Waals surface area (Å²) in [5, 5.41) is 5.63. The summed E-state index contributed by atoms with van der Waals surface area (Å²) in [5.74, 6) is -0.275. The van der Waals surface area contributed by atoms with Crippen LogP contribution in [0.25, 0.3) is 0 Å². The summed E-state index contributed by atoms with van der Waals surface area (Å²) in [5.41, 5.74) is 1.25. The molecule has 1 unspecified atom stereocenters. The van der Waals surface area contributed by atoms with Crippen LogP contribution < -0.4 is 10.6 Å². The van der Waals surface area contributed by atoms with Crippen LogP contribution in [0.5, 0.6) is 0 Å². The third kappa shape index (κ3) is 3.79. The number of carbonyl (C=O) groups excluding carboxylic acids is 2. The van der Waals surface area contributed by atoms with Crippen LogP contribution in [-0.4, -0.2) is 31.1 Å². The Balaban J connectivity index is 1.93. The van der Waals surface area contributed by atoms with Crippen molar-refractivity contribution < 1.29 is 14.3 Å². The van der Waals surface area contributed by atoms with E-state index in [9.17, 15) is 9.59 Å². The molecule has 0 aliphatic heterocycles. The Morgan fingerprint density at radius 1 is 1.26 bits per heavy atom. The van der Waals surface area contributed by atoms with Crippen molar-refractivity contribution in [3.63, 3.8) is 0 Å². The van der Waals surface area contributed by atoms with E-state index in [0.29, 0.717) is 17.3 Å². The van der Waals surface area contributed by atoms with Crippen LogP contribution in [0.1, 0.15) is 30.1 Å². The second-order valence-electron chi connectivity index (χ2n) is 4.69. The Bertz CT molecular complexity index is 466. The largest absolute Gasteiger partial charge is 0.372 e. The van der Waals surface area contributed by atoms with E-state index in [2.05, 4.69) is 10.6 Å². The smallest absolute Gasteiger partial charge is 0.253 e. The predicted octanol–water partition coefficient (Wildman–Crippen LogP) is 1.55. The number of ether oxygens (including phenoxy) is 1. The van der Waals surface area contributed by atoms with Crippen molar-refractivity contribution in [3.05, 3.63) is 29.8 Å². The topological polar surface area (TPSA) is 67.4 Å². The maximum Gasteiger partial charge on any atom is 0.253 e. The molecular formula is C14H18N2O3. The SMILES string of the molecule is COC(C)C(=O)Nc1ccc(C(=O)NC2CC2)cc1. The van der Waals surface area contributed by atoms with Gasteiger partial charge in [-0.25, -0.2) is 0 Å². The summed E-state index contributed by atoms with van der Waals surface area (Å²) >= 11 is 0. The molecular weight excluding hydrogens is 244 g/mol. The van der Waals surface area contributed by atoms with Gasteiger partial charge < -0.3 is 15.4 Å². The predicted molar refractivity (Wildman–Crippen MR) is 72.0 cm³/mol. The lowest BCUT2D eigenvalue weighted by molar-refractivity contribution is -0.124. The molecule has 0 bridgehead atoms. The molecule has 102 valence electrons. The molecule has 1 atom stereocenters. The van der Waals surface area contributed by atoms with Gasteiger partial charge in [-0.3, -0.25) is 9.59 Å². The van der Waals surface area contributed by atoms with Gasteiger partial charge in [-0.05, 0) is 44.0 Å². The summed E-state index contributed by atoms with van der Waals surface area (Å²) in [6.45, 7) is 1.67. The first kappa shape index (κ1) is 13.5. The highest BCUT2D eigenvalue weighted by Gasteiger charge is 2.23. The number of hydrogen-bond acceptors (Lipinski definition) is 3. The van der Waals surface area contributed by atoms with E-state index in [1.54, 1.807) is 31.2 Å². The number of amides is 2. The molecule has 1 saturated carbocycles. The molecule has 5 nitrogen and oxygen atoms in total. The maximum absolute atomic E-state index is 11.8. The molecule has 5 heteroatoms. The molecule has 1 fully saturated rings. The van der Waals surface area contributed by atoms with Crippen molar-refractivity contribution in [2.24, 2.45) is 0 Å². The van der Waals surface area contributed by atoms with Gasteiger partial charge >= 0.3 is 0 Å². The van der Waals surface area contributed by atoms with Gasteiger partial charge in [0, 0.05) is 24.4 Å². The minimum Gasteiger partial charge on any atom is -0.372 e. The number of anilines is 1. The van der Waals surface area contributed by atoms with E-state index < -0.39 is 6.10 Å². The fourth-order valence-electron chi connectivity index (χ4n) is 1.55. The molecule has 0 saturated heterocycles. The zero-order valence-corrected chi connectivity index (χ0v) is 11.1. The monoisotopic (exact) mass is 262 g/mol. The van der Waals surface area contributed by atoms with Gasteiger partial charge in [0.15, 0.2) is 0 Å². The molecule has 0 heterocycles. The third-order valence-corrected chi connectivity index (χ3v) is 3.05. The molecule has 1 aliphatic rings. The summed E-state index contributed by atoms with van der Waals surface area (Å²) in [6.07, 6.45) is 1.63. The minimum absolute atomic E-state index is 0.0642. The van der Waals surface area contributed by atoms with E-state index in [1.807, 2.05) is 0 Å². The number of benzene rings is 1. The summed E-state index contributed by atoms with van der Waals surface area (Å²) in [6, 6.07) is 7.16. The standard InChI is InChI=1S/C14H18N2O3/c1-9(19-2)13(17)15-11-5-3-10(4-6-11)14(18)16-12-7-8-12/h3-6,9,12H,7-8H2,1-2H3,(H,15,17)(H,16,18). The Labute approximate surface area is 112 Å². The van der Waals surface area contributed by atoms with Crippen LogP contribution >= 0.6 is 0 Å². The number of nitrogens with one attached hydrogen (secondary N) is 2. The van der Waals surface area contributed by atoms with Crippen LogP contribution in [0.2, 0.25) is 0 Å². The minimum atomic E-state index is -0.502. The van der Waals surface area contributed by atoms with E-state index in [4.69, 9.17) is 4.74 Å². The molecule has 0 spiro atoms. The van der Waals surface area contributed by atoms with Crippen LogP contribution in [0.15, 0.2) is 24.3 Å².